The predicted molar refractivity (Wildman–Crippen MR) is 107 cm³/mol. The predicted octanol–water partition coefficient (Wildman–Crippen LogP) is 3.15. The van der Waals surface area contributed by atoms with Crippen LogP contribution in [-0.4, -0.2) is 38.1 Å². The zero-order valence-corrected chi connectivity index (χ0v) is 16.0. The number of oxime groups is 1. The minimum Gasteiger partial charge on any atom is -0.410 e. The van der Waals surface area contributed by atoms with Crippen LogP contribution in [0, 0.1) is 30.3 Å². The lowest BCUT2D eigenvalue weighted by atomic mass is 9.96. The van der Waals surface area contributed by atoms with Crippen molar-refractivity contribution >= 4 is 28.7 Å². The molecule has 0 radical (unpaired) electrons. The maximum atomic E-state index is 12.8. The van der Waals surface area contributed by atoms with Crippen LogP contribution in [0.2, 0.25) is 0 Å². The number of carbonyl (C=O) groups excluding carboxylic acids is 1. The van der Waals surface area contributed by atoms with Crippen LogP contribution in [-0.2, 0) is 0 Å². The first-order chi connectivity index (χ1) is 14.7. The molecule has 0 heterocycles. The molecule has 0 fully saturated rings. The zero-order valence-electron chi connectivity index (χ0n) is 16.0. The number of nitrogens with zero attached hydrogens (tertiary/aromatic N) is 4. The molecule has 1 amide bonds. The van der Waals surface area contributed by atoms with Gasteiger partial charge in [-0.3, -0.25) is 35.1 Å². The summed E-state index contributed by atoms with van der Waals surface area (Å²) < 4.78 is 0. The number of fused-ring (bicyclic) bond motifs is 3. The van der Waals surface area contributed by atoms with E-state index in [9.17, 15) is 40.3 Å². The fourth-order valence-electron chi connectivity index (χ4n) is 3.41. The van der Waals surface area contributed by atoms with E-state index in [0.29, 0.717) is 6.42 Å². The first kappa shape index (κ1) is 21.3. The molecule has 3 rings (SSSR count). The Kier molecular flexibility index (Phi) is 5.59. The largest absolute Gasteiger partial charge is 0.410 e. The van der Waals surface area contributed by atoms with E-state index in [1.807, 2.05) is 6.92 Å². The van der Waals surface area contributed by atoms with Crippen molar-refractivity contribution in [3.8, 4) is 11.1 Å². The molecular weight excluding hydrogens is 414 g/mol. The van der Waals surface area contributed by atoms with Gasteiger partial charge in [-0.25, -0.2) is 0 Å². The van der Waals surface area contributed by atoms with E-state index >= 15 is 0 Å². The summed E-state index contributed by atoms with van der Waals surface area (Å²) in [7, 11) is 0. The van der Waals surface area contributed by atoms with Crippen molar-refractivity contribution < 1.29 is 24.8 Å². The molecule has 0 spiro atoms. The maximum Gasteiger partial charge on any atom is 0.284 e. The zero-order chi connectivity index (χ0) is 22.9. The summed E-state index contributed by atoms with van der Waals surface area (Å²) >= 11 is 0. The standard InChI is InChI=1S/C18H15N5O8/c1-2-3-4-19-18(24)13-7-9(21(26)27)5-11-15(13)16-12(17(11)20-25)6-10(22(28)29)8-14(16)23(30)31/h5-8,25H,2-4H2,1H3,(H,19,24)/b20-17-. The molecule has 1 aliphatic carbocycles. The molecule has 31 heavy (non-hydrogen) atoms. The van der Waals surface area contributed by atoms with Crippen LogP contribution in [0.15, 0.2) is 29.4 Å². The maximum absolute atomic E-state index is 12.8. The number of nitrogens with one attached hydrogen (secondary N) is 1. The quantitative estimate of drug-likeness (QED) is 0.247. The van der Waals surface area contributed by atoms with Crippen LogP contribution in [0.5, 0.6) is 0 Å². The van der Waals surface area contributed by atoms with Gasteiger partial charge in [0.2, 0.25) is 0 Å². The highest BCUT2D eigenvalue weighted by Gasteiger charge is 2.39. The van der Waals surface area contributed by atoms with E-state index in [1.165, 1.54) is 0 Å². The van der Waals surface area contributed by atoms with Crippen LogP contribution < -0.4 is 5.32 Å². The Bertz CT molecular complexity index is 1170. The minimum absolute atomic E-state index is 0.0657. The number of unbranched alkanes of at least 4 members (excludes halogenated alkanes) is 1. The highest BCUT2D eigenvalue weighted by atomic mass is 16.6. The van der Waals surface area contributed by atoms with Crippen molar-refractivity contribution in [2.24, 2.45) is 5.16 Å². The minimum atomic E-state index is -0.865. The number of rotatable bonds is 7. The second-order valence-electron chi connectivity index (χ2n) is 6.63. The number of hydrogen-bond acceptors (Lipinski definition) is 9. The van der Waals surface area contributed by atoms with Gasteiger partial charge in [-0.15, -0.1) is 0 Å². The van der Waals surface area contributed by atoms with E-state index in [-0.39, 0.29) is 40.1 Å². The first-order valence-corrected chi connectivity index (χ1v) is 9.01. The molecular formula is C18H15N5O8. The normalized spacial score (nSPS) is 12.9. The van der Waals surface area contributed by atoms with Crippen molar-refractivity contribution in [1.82, 2.24) is 5.32 Å². The second kappa shape index (κ2) is 8.14. The number of nitro benzene ring substituents is 3. The van der Waals surface area contributed by atoms with Gasteiger partial charge in [-0.2, -0.15) is 0 Å². The van der Waals surface area contributed by atoms with Crippen LogP contribution in [0.4, 0.5) is 17.1 Å². The van der Waals surface area contributed by atoms with E-state index in [0.717, 1.165) is 30.7 Å². The SMILES string of the molecule is CCCCNC(=O)c1cc([N+](=O)[O-])cc2c1-c1c(cc([N+](=O)[O-])cc1[N+](=O)[O-])/C2=N\O. The Morgan fingerprint density at radius 2 is 1.55 bits per heavy atom. The fraction of sp³-hybridized carbons (Fsp3) is 0.222. The molecule has 160 valence electrons. The van der Waals surface area contributed by atoms with Crippen LogP contribution in [0.3, 0.4) is 0 Å². The number of hydrogen-bond donors (Lipinski definition) is 2. The summed E-state index contributed by atoms with van der Waals surface area (Å²) in [6.45, 7) is 2.16. The third-order valence-electron chi connectivity index (χ3n) is 4.76. The van der Waals surface area contributed by atoms with Gasteiger partial charge >= 0.3 is 0 Å². The highest BCUT2D eigenvalue weighted by Crippen LogP contribution is 2.47. The molecule has 2 aromatic carbocycles. The average molecular weight is 429 g/mol. The Morgan fingerprint density at radius 1 is 0.968 bits per heavy atom. The monoisotopic (exact) mass is 429 g/mol. The molecule has 13 nitrogen and oxygen atoms in total. The molecule has 1 aliphatic rings. The van der Waals surface area contributed by atoms with Crippen molar-refractivity contribution in [2.45, 2.75) is 19.8 Å². The fourth-order valence-corrected chi connectivity index (χ4v) is 3.41. The van der Waals surface area contributed by atoms with Gasteiger partial charge < -0.3 is 10.5 Å². The number of amides is 1. The van der Waals surface area contributed by atoms with Crippen molar-refractivity contribution in [2.75, 3.05) is 6.54 Å². The summed E-state index contributed by atoms with van der Waals surface area (Å²) in [4.78, 5) is 44.6. The number of non-ortho nitro benzene ring substituents is 2. The lowest BCUT2D eigenvalue weighted by Crippen LogP contribution is -2.25. The van der Waals surface area contributed by atoms with Crippen LogP contribution in [0.1, 0.15) is 41.3 Å². The van der Waals surface area contributed by atoms with Crippen molar-refractivity contribution in [1.29, 1.82) is 0 Å². The summed E-state index contributed by atoms with van der Waals surface area (Å²) in [6, 6.07) is 3.66. The summed E-state index contributed by atoms with van der Waals surface area (Å²) in [6.07, 6.45) is 1.40. The second-order valence-corrected chi connectivity index (χ2v) is 6.63. The van der Waals surface area contributed by atoms with Gasteiger partial charge in [0.15, 0.2) is 0 Å². The molecule has 13 heteroatoms. The van der Waals surface area contributed by atoms with Crippen LogP contribution >= 0.6 is 0 Å². The van der Waals surface area contributed by atoms with E-state index in [4.69, 9.17) is 0 Å². The lowest BCUT2D eigenvalue weighted by molar-refractivity contribution is -0.393. The smallest absolute Gasteiger partial charge is 0.284 e. The Hall–Kier alpha value is -4.42. The van der Waals surface area contributed by atoms with Gasteiger partial charge in [0, 0.05) is 41.4 Å². The topological polar surface area (TPSA) is 191 Å². The van der Waals surface area contributed by atoms with E-state index in [2.05, 4.69) is 10.5 Å². The molecule has 2 aromatic rings. The van der Waals surface area contributed by atoms with Crippen LogP contribution in [0.25, 0.3) is 11.1 Å². The lowest BCUT2D eigenvalue weighted by Gasteiger charge is -2.10. The van der Waals surface area contributed by atoms with Gasteiger partial charge in [-0.1, -0.05) is 18.5 Å². The van der Waals surface area contributed by atoms with Crippen molar-refractivity contribution in [3.05, 3.63) is 71.3 Å². The summed E-state index contributed by atoms with van der Waals surface area (Å²) in [5.41, 5.74) is -2.97. The van der Waals surface area contributed by atoms with Gasteiger partial charge in [0.1, 0.15) is 5.71 Å². The highest BCUT2D eigenvalue weighted by molar-refractivity contribution is 6.28. The first-order valence-electron chi connectivity index (χ1n) is 9.01. The van der Waals surface area contributed by atoms with E-state index < -0.39 is 37.7 Å². The Balaban J connectivity index is 2.38. The molecule has 2 N–H and O–H groups in total. The molecule has 0 saturated heterocycles. The number of nitro groups is 3. The average Bonchev–Trinajstić information content (AvgIpc) is 3.05. The third-order valence-corrected chi connectivity index (χ3v) is 4.76. The van der Waals surface area contributed by atoms with Gasteiger partial charge in [0.05, 0.1) is 32.0 Å². The number of benzene rings is 2. The summed E-state index contributed by atoms with van der Waals surface area (Å²) in [5.74, 6) is -0.716. The van der Waals surface area contributed by atoms with E-state index in [1.54, 1.807) is 0 Å². The number of carbonyl (C=O) groups is 1. The molecule has 0 saturated carbocycles. The third kappa shape index (κ3) is 3.63. The molecule has 0 aliphatic heterocycles. The van der Waals surface area contributed by atoms with Gasteiger partial charge in [0.25, 0.3) is 23.0 Å². The Morgan fingerprint density at radius 3 is 2.06 bits per heavy atom. The molecule has 0 unspecified atom stereocenters. The summed E-state index contributed by atoms with van der Waals surface area (Å²) in [5, 5.41) is 49.5. The Labute approximate surface area is 173 Å². The molecule has 0 bridgehead atoms. The van der Waals surface area contributed by atoms with Crippen molar-refractivity contribution in [3.63, 3.8) is 0 Å². The van der Waals surface area contributed by atoms with Gasteiger partial charge in [-0.05, 0) is 6.42 Å². The molecule has 0 atom stereocenters. The molecule has 0 aromatic heterocycles.